The topological polar surface area (TPSA) is 48.6 Å². The Morgan fingerprint density at radius 3 is 2.37 bits per heavy atom. The van der Waals surface area contributed by atoms with Crippen LogP contribution in [0.15, 0.2) is 23.4 Å². The Labute approximate surface area is 122 Å². The summed E-state index contributed by atoms with van der Waals surface area (Å²) >= 11 is 12.3. The largest absolute Gasteiger partial charge is 0.503 e. The number of halogens is 2. The smallest absolute Gasteiger partial charge is 0.103 e. The summed E-state index contributed by atoms with van der Waals surface area (Å²) in [6.45, 7) is 0. The van der Waals surface area contributed by atoms with Gasteiger partial charge in [0.2, 0.25) is 0 Å². The van der Waals surface area contributed by atoms with Crippen molar-refractivity contribution in [2.45, 2.75) is 0 Å². The molecule has 0 aromatic heterocycles. The number of aliphatic imine (C=N–C) groups is 1. The molecule has 1 aromatic rings. The molecule has 0 atom stereocenters. The highest BCUT2D eigenvalue weighted by molar-refractivity contribution is 6.39. The number of nitriles is 1. The van der Waals surface area contributed by atoms with E-state index >= 15 is 0 Å². The predicted octanol–water partition coefficient (Wildman–Crippen LogP) is 3.73. The second-order valence-corrected chi connectivity index (χ2v) is 4.69. The van der Waals surface area contributed by atoms with Crippen LogP contribution in [0.2, 0.25) is 10.0 Å². The highest BCUT2D eigenvalue weighted by atomic mass is 35.5. The maximum Gasteiger partial charge on any atom is 0.103 e. The highest BCUT2D eigenvalue weighted by Gasteiger charge is 2.10. The average molecular weight is 298 g/mol. The van der Waals surface area contributed by atoms with Gasteiger partial charge in [-0.1, -0.05) is 23.2 Å². The maximum absolute atomic E-state index is 9.02. The number of hydrogen-bond donors (Lipinski definition) is 0. The molecule has 0 amide bonds. The van der Waals surface area contributed by atoms with Crippen LogP contribution in [0.1, 0.15) is 5.56 Å². The number of benzene rings is 1. The summed E-state index contributed by atoms with van der Waals surface area (Å²) < 4.78 is 4.83. The molecule has 0 spiro atoms. The number of hydrogen-bond acceptors (Lipinski definition) is 3. The van der Waals surface area contributed by atoms with Crippen LogP contribution in [0, 0.1) is 11.3 Å². The van der Waals surface area contributed by atoms with Gasteiger partial charge in [0.1, 0.15) is 18.0 Å². The van der Waals surface area contributed by atoms with Gasteiger partial charge in [-0.25, -0.2) is 4.99 Å². The lowest BCUT2D eigenvalue weighted by molar-refractivity contribution is 0.340. The van der Waals surface area contributed by atoms with Gasteiger partial charge < -0.3 is 9.64 Å². The third-order valence-electron chi connectivity index (χ3n) is 2.10. The van der Waals surface area contributed by atoms with Crippen molar-refractivity contribution >= 4 is 40.8 Å². The van der Waals surface area contributed by atoms with E-state index in [1.54, 1.807) is 23.4 Å². The second-order valence-electron chi connectivity index (χ2n) is 3.88. The minimum atomic E-state index is 0.342. The fourth-order valence-corrected chi connectivity index (χ4v) is 1.88. The summed E-state index contributed by atoms with van der Waals surface area (Å²) in [6.07, 6.45) is 2.94. The highest BCUT2D eigenvalue weighted by Crippen LogP contribution is 2.36. The predicted molar refractivity (Wildman–Crippen MR) is 78.9 cm³/mol. The normalized spacial score (nSPS) is 11.5. The Morgan fingerprint density at radius 2 is 1.95 bits per heavy atom. The summed E-state index contributed by atoms with van der Waals surface area (Å²) in [5.41, 5.74) is 1.40. The first-order valence-electron chi connectivity index (χ1n) is 5.32. The summed E-state index contributed by atoms with van der Waals surface area (Å²) in [5.74, 6) is 0. The van der Waals surface area contributed by atoms with E-state index < -0.39 is 0 Å². The number of ether oxygens (including phenoxy) is 1. The van der Waals surface area contributed by atoms with E-state index in [0.717, 1.165) is 0 Å². The fraction of sp³-hybridized carbons (Fsp3) is 0.231. The lowest BCUT2D eigenvalue weighted by Crippen LogP contribution is -2.07. The van der Waals surface area contributed by atoms with Gasteiger partial charge in [0.05, 0.1) is 29.1 Å². The number of methoxy groups -OCH3 is 1. The third kappa shape index (κ3) is 4.16. The summed E-state index contributed by atoms with van der Waals surface area (Å²) in [7, 11) is 5.15. The van der Waals surface area contributed by atoms with E-state index in [-0.39, 0.29) is 0 Å². The molecule has 1 aromatic carbocycles. The Kier molecular flexibility index (Phi) is 5.68. The van der Waals surface area contributed by atoms with Crippen LogP contribution in [-0.2, 0) is 4.74 Å². The van der Waals surface area contributed by atoms with E-state index in [1.807, 2.05) is 20.2 Å². The molecule has 0 fully saturated rings. The van der Waals surface area contributed by atoms with Crippen molar-refractivity contribution in [1.82, 2.24) is 4.90 Å². The molecule has 19 heavy (non-hydrogen) atoms. The second kappa shape index (κ2) is 7.03. The number of rotatable bonds is 4. The molecule has 0 aliphatic carbocycles. The SMILES string of the molecule is CO/C=C(\C#N)c1cc(Cl)c(/N=C/N(C)C)c(Cl)c1. The van der Waals surface area contributed by atoms with Crippen LogP contribution >= 0.6 is 23.2 Å². The third-order valence-corrected chi connectivity index (χ3v) is 2.68. The van der Waals surface area contributed by atoms with E-state index in [2.05, 4.69) is 4.99 Å². The van der Waals surface area contributed by atoms with Crippen molar-refractivity contribution in [2.75, 3.05) is 21.2 Å². The first kappa shape index (κ1) is 15.4. The molecule has 0 N–H and O–H groups in total. The van der Waals surface area contributed by atoms with E-state index in [9.17, 15) is 0 Å². The van der Waals surface area contributed by atoms with Gasteiger partial charge >= 0.3 is 0 Å². The number of allylic oxidation sites excluding steroid dienone is 1. The molecule has 0 bridgehead atoms. The zero-order valence-electron chi connectivity index (χ0n) is 10.8. The van der Waals surface area contributed by atoms with Crippen molar-refractivity contribution < 1.29 is 4.74 Å². The summed E-state index contributed by atoms with van der Waals surface area (Å²) in [6, 6.07) is 5.27. The molecular weight excluding hydrogens is 285 g/mol. The average Bonchev–Trinajstić information content (AvgIpc) is 2.34. The van der Waals surface area contributed by atoms with Crippen LogP contribution in [0.3, 0.4) is 0 Å². The minimum Gasteiger partial charge on any atom is -0.503 e. The van der Waals surface area contributed by atoms with Gasteiger partial charge in [-0.15, -0.1) is 0 Å². The van der Waals surface area contributed by atoms with Crippen molar-refractivity contribution in [1.29, 1.82) is 5.26 Å². The molecule has 100 valence electrons. The summed E-state index contributed by atoms with van der Waals surface area (Å²) in [4.78, 5) is 5.95. The molecule has 0 heterocycles. The molecule has 0 saturated heterocycles. The van der Waals surface area contributed by atoms with Crippen molar-refractivity contribution in [3.63, 3.8) is 0 Å². The maximum atomic E-state index is 9.02. The monoisotopic (exact) mass is 297 g/mol. The zero-order chi connectivity index (χ0) is 14.4. The Hall–Kier alpha value is -1.70. The van der Waals surface area contributed by atoms with E-state index in [1.165, 1.54) is 13.4 Å². The molecular formula is C13H13Cl2N3O. The van der Waals surface area contributed by atoms with Crippen molar-refractivity contribution in [3.05, 3.63) is 34.0 Å². The van der Waals surface area contributed by atoms with Crippen molar-refractivity contribution in [2.24, 2.45) is 4.99 Å². The molecule has 0 aliphatic rings. The van der Waals surface area contributed by atoms with Crippen LogP contribution in [0.5, 0.6) is 0 Å². The first-order chi connectivity index (χ1) is 8.99. The first-order valence-corrected chi connectivity index (χ1v) is 6.08. The van der Waals surface area contributed by atoms with Crippen molar-refractivity contribution in [3.8, 4) is 6.07 Å². The molecule has 0 radical (unpaired) electrons. The van der Waals surface area contributed by atoms with E-state index in [0.29, 0.717) is 26.9 Å². The molecule has 0 unspecified atom stereocenters. The standard InChI is InChI=1S/C13H13Cl2N3O/c1-18(2)8-17-13-11(14)4-9(5-12(13)15)10(6-16)7-19-3/h4-5,7-8H,1-3H3/b10-7+,17-8+. The molecule has 1 rings (SSSR count). The van der Waals surface area contributed by atoms with Gasteiger partial charge in [0.15, 0.2) is 0 Å². The molecule has 6 heteroatoms. The summed E-state index contributed by atoms with van der Waals surface area (Å²) in [5, 5.41) is 9.76. The van der Waals surface area contributed by atoms with Crippen LogP contribution in [0.25, 0.3) is 5.57 Å². The van der Waals surface area contributed by atoms with Gasteiger partial charge in [0.25, 0.3) is 0 Å². The fourth-order valence-electron chi connectivity index (χ4n) is 1.29. The van der Waals surface area contributed by atoms with Gasteiger partial charge in [-0.3, -0.25) is 0 Å². The quantitative estimate of drug-likeness (QED) is 0.368. The van der Waals surface area contributed by atoms with Crippen LogP contribution < -0.4 is 0 Å². The Bertz CT molecular complexity index is 536. The van der Waals surface area contributed by atoms with Gasteiger partial charge in [-0.2, -0.15) is 5.26 Å². The molecule has 0 aliphatic heterocycles. The van der Waals surface area contributed by atoms with Crippen LogP contribution in [-0.4, -0.2) is 32.4 Å². The Morgan fingerprint density at radius 1 is 1.37 bits per heavy atom. The van der Waals surface area contributed by atoms with Crippen LogP contribution in [0.4, 0.5) is 5.69 Å². The lowest BCUT2D eigenvalue weighted by atomic mass is 10.1. The zero-order valence-corrected chi connectivity index (χ0v) is 12.3. The molecule has 0 saturated carbocycles. The molecule has 4 nitrogen and oxygen atoms in total. The van der Waals surface area contributed by atoms with Gasteiger partial charge in [0, 0.05) is 14.1 Å². The lowest BCUT2D eigenvalue weighted by Gasteiger charge is -2.07. The van der Waals surface area contributed by atoms with E-state index in [4.69, 9.17) is 33.2 Å². The Balaban J connectivity index is 3.25. The number of nitrogens with zero attached hydrogens (tertiary/aromatic N) is 3. The van der Waals surface area contributed by atoms with Gasteiger partial charge in [-0.05, 0) is 17.7 Å². The minimum absolute atomic E-state index is 0.342.